The summed E-state index contributed by atoms with van der Waals surface area (Å²) < 4.78 is 32.3. The second kappa shape index (κ2) is 5.87. The van der Waals surface area contributed by atoms with Crippen molar-refractivity contribution in [2.24, 2.45) is 5.84 Å². The molecule has 19 heavy (non-hydrogen) atoms. The Hall–Kier alpha value is -1.15. The van der Waals surface area contributed by atoms with Crippen molar-refractivity contribution in [2.45, 2.75) is 36.8 Å². The van der Waals surface area contributed by atoms with E-state index < -0.39 is 10.0 Å². The molecule has 1 aromatic rings. The van der Waals surface area contributed by atoms with Gasteiger partial charge in [0.25, 0.3) is 0 Å². The van der Waals surface area contributed by atoms with Crippen LogP contribution in [0.15, 0.2) is 29.2 Å². The topological polar surface area (TPSA) is 93.4 Å². The van der Waals surface area contributed by atoms with Crippen LogP contribution < -0.4 is 16.0 Å². The lowest BCUT2D eigenvalue weighted by molar-refractivity contribution is -0.00475. The molecule has 0 amide bonds. The Morgan fingerprint density at radius 2 is 1.95 bits per heavy atom. The van der Waals surface area contributed by atoms with E-state index >= 15 is 0 Å². The van der Waals surface area contributed by atoms with E-state index in [1.807, 2.05) is 6.92 Å². The standard InChI is InChI=1S/C12H19N3O3S/c1-2-18-11-7-10(8-11)15-19(16,17)12-5-3-9(14-13)4-6-12/h3-6,10-11,14-15H,2,7-8,13H2,1H3. The molecule has 0 unspecified atom stereocenters. The van der Waals surface area contributed by atoms with Gasteiger partial charge in [0.1, 0.15) is 0 Å². The van der Waals surface area contributed by atoms with Crippen molar-refractivity contribution in [1.29, 1.82) is 0 Å². The highest BCUT2D eigenvalue weighted by atomic mass is 32.2. The lowest BCUT2D eigenvalue weighted by Crippen LogP contribution is -2.47. The summed E-state index contributed by atoms with van der Waals surface area (Å²) in [6, 6.07) is 6.26. The highest BCUT2D eigenvalue weighted by Gasteiger charge is 2.33. The van der Waals surface area contributed by atoms with Gasteiger partial charge in [-0.1, -0.05) is 0 Å². The third-order valence-corrected chi connectivity index (χ3v) is 4.69. The van der Waals surface area contributed by atoms with Crippen molar-refractivity contribution in [1.82, 2.24) is 4.72 Å². The van der Waals surface area contributed by atoms with Crippen LogP contribution in [-0.4, -0.2) is 27.2 Å². The van der Waals surface area contributed by atoms with E-state index in [9.17, 15) is 8.42 Å². The first-order valence-electron chi connectivity index (χ1n) is 6.25. The minimum atomic E-state index is -3.46. The lowest BCUT2D eigenvalue weighted by Gasteiger charge is -2.35. The van der Waals surface area contributed by atoms with E-state index in [4.69, 9.17) is 10.6 Å². The van der Waals surface area contributed by atoms with Gasteiger partial charge in [-0.05, 0) is 44.0 Å². The van der Waals surface area contributed by atoms with Crippen LogP contribution in [0.1, 0.15) is 19.8 Å². The number of nitrogen functional groups attached to an aromatic ring is 1. The average molecular weight is 285 g/mol. The van der Waals surface area contributed by atoms with Gasteiger partial charge < -0.3 is 10.2 Å². The van der Waals surface area contributed by atoms with Crippen LogP contribution in [0.25, 0.3) is 0 Å². The third kappa shape index (κ3) is 3.44. The molecule has 7 heteroatoms. The number of hydrogen-bond donors (Lipinski definition) is 3. The molecule has 0 aliphatic heterocycles. The van der Waals surface area contributed by atoms with Gasteiger partial charge in [0, 0.05) is 18.3 Å². The molecular formula is C12H19N3O3S. The summed E-state index contributed by atoms with van der Waals surface area (Å²) in [4.78, 5) is 0.242. The molecule has 0 saturated heterocycles. The molecular weight excluding hydrogens is 266 g/mol. The molecule has 0 bridgehead atoms. The van der Waals surface area contributed by atoms with E-state index in [-0.39, 0.29) is 17.0 Å². The first-order chi connectivity index (χ1) is 9.05. The number of anilines is 1. The molecule has 0 spiro atoms. The molecule has 1 aliphatic rings. The summed E-state index contributed by atoms with van der Waals surface area (Å²) >= 11 is 0. The van der Waals surface area contributed by atoms with Gasteiger partial charge in [-0.25, -0.2) is 13.1 Å². The fourth-order valence-electron chi connectivity index (χ4n) is 2.05. The van der Waals surface area contributed by atoms with Crippen LogP contribution in [-0.2, 0) is 14.8 Å². The van der Waals surface area contributed by atoms with Gasteiger partial charge in [-0.2, -0.15) is 0 Å². The molecule has 1 saturated carbocycles. The highest BCUT2D eigenvalue weighted by molar-refractivity contribution is 7.89. The summed E-state index contributed by atoms with van der Waals surface area (Å²) in [6.07, 6.45) is 1.65. The van der Waals surface area contributed by atoms with E-state index in [1.54, 1.807) is 12.1 Å². The van der Waals surface area contributed by atoms with Crippen molar-refractivity contribution in [3.05, 3.63) is 24.3 Å². The minimum Gasteiger partial charge on any atom is -0.378 e. The summed E-state index contributed by atoms with van der Waals surface area (Å²) in [5.41, 5.74) is 3.12. The largest absolute Gasteiger partial charge is 0.378 e. The normalized spacial score (nSPS) is 22.8. The zero-order valence-corrected chi connectivity index (χ0v) is 11.6. The van der Waals surface area contributed by atoms with Crippen molar-refractivity contribution >= 4 is 15.7 Å². The highest BCUT2D eigenvalue weighted by Crippen LogP contribution is 2.25. The number of nitrogens with two attached hydrogens (primary N) is 1. The van der Waals surface area contributed by atoms with Gasteiger partial charge in [-0.15, -0.1) is 0 Å². The number of rotatable bonds is 6. The minimum absolute atomic E-state index is 0.0335. The second-order valence-electron chi connectivity index (χ2n) is 4.54. The number of hydrogen-bond acceptors (Lipinski definition) is 5. The summed E-state index contributed by atoms with van der Waals surface area (Å²) in [7, 11) is -3.46. The van der Waals surface area contributed by atoms with Crippen LogP contribution in [0.4, 0.5) is 5.69 Å². The maximum atomic E-state index is 12.1. The number of sulfonamides is 1. The van der Waals surface area contributed by atoms with Gasteiger partial charge >= 0.3 is 0 Å². The van der Waals surface area contributed by atoms with E-state index in [0.29, 0.717) is 12.3 Å². The number of nitrogens with one attached hydrogen (secondary N) is 2. The SMILES string of the molecule is CCOC1CC(NS(=O)(=O)c2ccc(NN)cc2)C1. The maximum Gasteiger partial charge on any atom is 0.240 e. The Bertz CT molecular complexity index is 510. The van der Waals surface area contributed by atoms with Gasteiger partial charge in [0.15, 0.2) is 0 Å². The van der Waals surface area contributed by atoms with Crippen LogP contribution in [0.5, 0.6) is 0 Å². The molecule has 0 heterocycles. The second-order valence-corrected chi connectivity index (χ2v) is 6.25. The third-order valence-electron chi connectivity index (χ3n) is 3.15. The molecule has 0 atom stereocenters. The molecule has 6 nitrogen and oxygen atoms in total. The molecule has 0 aromatic heterocycles. The van der Waals surface area contributed by atoms with E-state index in [0.717, 1.165) is 12.8 Å². The zero-order valence-electron chi connectivity index (χ0n) is 10.8. The summed E-state index contributed by atoms with van der Waals surface area (Å²) in [6.45, 7) is 2.60. The monoisotopic (exact) mass is 285 g/mol. The zero-order chi connectivity index (χ0) is 13.9. The predicted molar refractivity (Wildman–Crippen MR) is 73.0 cm³/mol. The van der Waals surface area contributed by atoms with Crippen molar-refractivity contribution in [2.75, 3.05) is 12.0 Å². The Kier molecular flexibility index (Phi) is 4.41. The first-order valence-corrected chi connectivity index (χ1v) is 7.74. The molecule has 1 aromatic carbocycles. The Morgan fingerprint density at radius 3 is 2.47 bits per heavy atom. The number of ether oxygens (including phenoxy) is 1. The van der Waals surface area contributed by atoms with Crippen LogP contribution in [0.2, 0.25) is 0 Å². The molecule has 4 N–H and O–H groups in total. The molecule has 106 valence electrons. The first kappa shape index (κ1) is 14.3. The van der Waals surface area contributed by atoms with Crippen molar-refractivity contribution in [3.63, 3.8) is 0 Å². The van der Waals surface area contributed by atoms with Crippen molar-refractivity contribution < 1.29 is 13.2 Å². The van der Waals surface area contributed by atoms with Crippen LogP contribution in [0.3, 0.4) is 0 Å². The Morgan fingerprint density at radius 1 is 1.32 bits per heavy atom. The number of hydrazine groups is 1. The Labute approximate surface area is 113 Å². The molecule has 1 fully saturated rings. The lowest BCUT2D eigenvalue weighted by atomic mass is 9.90. The van der Waals surface area contributed by atoms with Crippen molar-refractivity contribution in [3.8, 4) is 0 Å². The van der Waals surface area contributed by atoms with E-state index in [2.05, 4.69) is 10.1 Å². The Balaban J connectivity index is 1.95. The van der Waals surface area contributed by atoms with Gasteiger partial charge in [0.05, 0.1) is 11.0 Å². The summed E-state index contributed by atoms with van der Waals surface area (Å²) in [5, 5.41) is 0. The summed E-state index contributed by atoms with van der Waals surface area (Å²) in [5.74, 6) is 5.24. The maximum absolute atomic E-state index is 12.1. The molecule has 0 radical (unpaired) electrons. The fraction of sp³-hybridized carbons (Fsp3) is 0.500. The molecule has 2 rings (SSSR count). The predicted octanol–water partition coefficient (Wildman–Crippen LogP) is 0.818. The quantitative estimate of drug-likeness (QED) is 0.531. The van der Waals surface area contributed by atoms with Crippen LogP contribution >= 0.6 is 0 Å². The molecule has 1 aliphatic carbocycles. The number of benzene rings is 1. The average Bonchev–Trinajstić information content (AvgIpc) is 2.36. The smallest absolute Gasteiger partial charge is 0.240 e. The van der Waals surface area contributed by atoms with Gasteiger partial charge in [0.2, 0.25) is 10.0 Å². The fourth-order valence-corrected chi connectivity index (χ4v) is 3.31. The van der Waals surface area contributed by atoms with E-state index in [1.165, 1.54) is 12.1 Å². The van der Waals surface area contributed by atoms with Crippen LogP contribution in [0, 0.1) is 0 Å². The van der Waals surface area contributed by atoms with Gasteiger partial charge in [-0.3, -0.25) is 5.84 Å².